The number of nitrogens with one attached hydrogen (secondary N) is 1. The number of piperidine rings is 1. The lowest BCUT2D eigenvalue weighted by molar-refractivity contribution is -0.149. The zero-order valence-electron chi connectivity index (χ0n) is 17.4. The standard InChI is InChI=1S/C21H33N3O3.HI/c1-5-22-21(24-13-11-18(12-14-24)20(25)26-6-2)23-15-17(4)27-19-10-8-7-9-16(19)3;/h7-10,17-18H,5-6,11-15H2,1-4H3,(H,22,23);1H. The van der Waals surface area contributed by atoms with Crippen LogP contribution >= 0.6 is 24.0 Å². The Bertz CT molecular complexity index is 631. The second-order valence-electron chi connectivity index (χ2n) is 6.90. The van der Waals surface area contributed by atoms with Crippen molar-refractivity contribution in [3.63, 3.8) is 0 Å². The van der Waals surface area contributed by atoms with E-state index in [1.807, 2.05) is 45.0 Å². The molecule has 1 heterocycles. The average molecular weight is 503 g/mol. The minimum atomic E-state index is -0.0701. The second kappa shape index (κ2) is 12.9. The van der Waals surface area contributed by atoms with Crippen LogP contribution in [0.4, 0.5) is 0 Å². The van der Waals surface area contributed by atoms with Crippen molar-refractivity contribution in [3.05, 3.63) is 29.8 Å². The van der Waals surface area contributed by atoms with Crippen LogP contribution in [-0.4, -0.2) is 55.7 Å². The van der Waals surface area contributed by atoms with Crippen molar-refractivity contribution in [3.8, 4) is 5.75 Å². The Kier molecular flexibility index (Phi) is 11.3. The van der Waals surface area contributed by atoms with Gasteiger partial charge in [0.2, 0.25) is 0 Å². The Labute approximate surface area is 186 Å². The van der Waals surface area contributed by atoms with E-state index >= 15 is 0 Å². The van der Waals surface area contributed by atoms with Crippen LogP contribution in [0.5, 0.6) is 5.75 Å². The molecule has 1 N–H and O–H groups in total. The van der Waals surface area contributed by atoms with Gasteiger partial charge in [-0.2, -0.15) is 0 Å². The molecular formula is C21H34IN3O3. The molecule has 0 spiro atoms. The lowest BCUT2D eigenvalue weighted by Crippen LogP contribution is -2.47. The molecule has 1 saturated heterocycles. The van der Waals surface area contributed by atoms with Gasteiger partial charge in [0, 0.05) is 19.6 Å². The van der Waals surface area contributed by atoms with Gasteiger partial charge in [-0.15, -0.1) is 24.0 Å². The first-order valence-corrected chi connectivity index (χ1v) is 9.97. The number of esters is 1. The Morgan fingerprint density at radius 2 is 1.96 bits per heavy atom. The summed E-state index contributed by atoms with van der Waals surface area (Å²) in [5, 5.41) is 3.36. The number of hydrogen-bond donors (Lipinski definition) is 1. The molecule has 0 aromatic heterocycles. The van der Waals surface area contributed by atoms with Crippen molar-refractivity contribution in [1.82, 2.24) is 10.2 Å². The molecule has 0 amide bonds. The fourth-order valence-electron chi connectivity index (χ4n) is 3.17. The second-order valence-corrected chi connectivity index (χ2v) is 6.90. The van der Waals surface area contributed by atoms with Gasteiger partial charge in [0.05, 0.1) is 19.1 Å². The van der Waals surface area contributed by atoms with E-state index in [-0.39, 0.29) is 42.0 Å². The maximum Gasteiger partial charge on any atom is 0.309 e. The average Bonchev–Trinajstić information content (AvgIpc) is 2.67. The highest BCUT2D eigenvalue weighted by Crippen LogP contribution is 2.20. The van der Waals surface area contributed by atoms with Gasteiger partial charge in [0.15, 0.2) is 5.96 Å². The number of hydrogen-bond acceptors (Lipinski definition) is 4. The molecule has 28 heavy (non-hydrogen) atoms. The van der Waals surface area contributed by atoms with Crippen LogP contribution in [0, 0.1) is 12.8 Å². The highest BCUT2D eigenvalue weighted by Gasteiger charge is 2.27. The summed E-state index contributed by atoms with van der Waals surface area (Å²) in [5.74, 6) is 1.73. The van der Waals surface area contributed by atoms with E-state index in [2.05, 4.69) is 17.1 Å². The van der Waals surface area contributed by atoms with Gasteiger partial charge in [-0.3, -0.25) is 4.79 Å². The first-order chi connectivity index (χ1) is 13.0. The number of carbonyl (C=O) groups is 1. The number of halogens is 1. The molecule has 1 fully saturated rings. The number of rotatable bonds is 7. The summed E-state index contributed by atoms with van der Waals surface area (Å²) >= 11 is 0. The molecule has 158 valence electrons. The number of nitrogens with zero attached hydrogens (tertiary/aromatic N) is 2. The molecule has 1 unspecified atom stereocenters. The molecule has 1 atom stereocenters. The van der Waals surface area contributed by atoms with Gasteiger partial charge in [-0.1, -0.05) is 18.2 Å². The van der Waals surface area contributed by atoms with Crippen LogP contribution < -0.4 is 10.1 Å². The van der Waals surface area contributed by atoms with E-state index in [0.717, 1.165) is 49.7 Å². The zero-order chi connectivity index (χ0) is 19.6. The largest absolute Gasteiger partial charge is 0.489 e. The normalized spacial score (nSPS) is 16.1. The molecule has 1 aromatic carbocycles. The van der Waals surface area contributed by atoms with Gasteiger partial charge in [0.1, 0.15) is 11.9 Å². The highest BCUT2D eigenvalue weighted by molar-refractivity contribution is 14.0. The third-order valence-corrected chi connectivity index (χ3v) is 4.67. The topological polar surface area (TPSA) is 63.2 Å². The number of ether oxygens (including phenoxy) is 2. The highest BCUT2D eigenvalue weighted by atomic mass is 127. The van der Waals surface area contributed by atoms with E-state index in [1.165, 1.54) is 0 Å². The molecule has 0 radical (unpaired) electrons. The van der Waals surface area contributed by atoms with Crippen LogP contribution in [-0.2, 0) is 9.53 Å². The number of likely N-dealkylation sites (tertiary alicyclic amines) is 1. The molecule has 0 saturated carbocycles. The molecule has 0 aliphatic carbocycles. The Balaban J connectivity index is 0.00000392. The van der Waals surface area contributed by atoms with E-state index < -0.39 is 0 Å². The quantitative estimate of drug-likeness (QED) is 0.267. The number of carbonyl (C=O) groups excluding carboxylic acids is 1. The fraction of sp³-hybridized carbons (Fsp3) is 0.619. The third kappa shape index (κ3) is 7.48. The van der Waals surface area contributed by atoms with E-state index in [1.54, 1.807) is 0 Å². The van der Waals surface area contributed by atoms with Crippen molar-refractivity contribution < 1.29 is 14.3 Å². The fourth-order valence-corrected chi connectivity index (χ4v) is 3.17. The van der Waals surface area contributed by atoms with Crippen LogP contribution in [0.1, 0.15) is 39.2 Å². The van der Waals surface area contributed by atoms with Crippen molar-refractivity contribution >= 4 is 35.9 Å². The van der Waals surface area contributed by atoms with Crippen molar-refractivity contribution in [2.45, 2.75) is 46.6 Å². The minimum absolute atomic E-state index is 0. The van der Waals surface area contributed by atoms with E-state index in [9.17, 15) is 4.79 Å². The first-order valence-electron chi connectivity index (χ1n) is 9.97. The van der Waals surface area contributed by atoms with Crippen molar-refractivity contribution in [2.24, 2.45) is 10.9 Å². The van der Waals surface area contributed by atoms with Crippen LogP contribution in [0.2, 0.25) is 0 Å². The van der Waals surface area contributed by atoms with Gasteiger partial charge in [-0.25, -0.2) is 4.99 Å². The van der Waals surface area contributed by atoms with Gasteiger partial charge in [0.25, 0.3) is 0 Å². The van der Waals surface area contributed by atoms with Crippen molar-refractivity contribution in [2.75, 3.05) is 32.8 Å². The van der Waals surface area contributed by atoms with E-state index in [0.29, 0.717) is 13.2 Å². The molecular weight excluding hydrogens is 469 g/mol. The summed E-state index contributed by atoms with van der Waals surface area (Å²) in [5.41, 5.74) is 1.13. The third-order valence-electron chi connectivity index (χ3n) is 4.67. The summed E-state index contributed by atoms with van der Waals surface area (Å²) in [7, 11) is 0. The maximum atomic E-state index is 11.9. The van der Waals surface area contributed by atoms with Gasteiger partial charge >= 0.3 is 5.97 Å². The van der Waals surface area contributed by atoms with Crippen LogP contribution in [0.3, 0.4) is 0 Å². The summed E-state index contributed by atoms with van der Waals surface area (Å²) in [6, 6.07) is 8.02. The van der Waals surface area contributed by atoms with Crippen LogP contribution in [0.15, 0.2) is 29.3 Å². The SMILES string of the molecule is CCNC(=NCC(C)Oc1ccccc1C)N1CCC(C(=O)OCC)CC1.I. The summed E-state index contributed by atoms with van der Waals surface area (Å²) in [4.78, 5) is 18.9. The van der Waals surface area contributed by atoms with Gasteiger partial charge in [-0.05, 0) is 52.2 Å². The maximum absolute atomic E-state index is 11.9. The van der Waals surface area contributed by atoms with Gasteiger partial charge < -0.3 is 19.7 Å². The predicted molar refractivity (Wildman–Crippen MR) is 124 cm³/mol. The summed E-state index contributed by atoms with van der Waals surface area (Å²) < 4.78 is 11.2. The number of para-hydroxylation sites is 1. The molecule has 1 aliphatic heterocycles. The Hall–Kier alpha value is -1.51. The molecule has 7 heteroatoms. The van der Waals surface area contributed by atoms with Crippen molar-refractivity contribution in [1.29, 1.82) is 0 Å². The minimum Gasteiger partial charge on any atom is -0.489 e. The lowest BCUT2D eigenvalue weighted by Gasteiger charge is -2.33. The molecule has 6 nitrogen and oxygen atoms in total. The summed E-state index contributed by atoms with van der Waals surface area (Å²) in [6.07, 6.45) is 1.59. The first kappa shape index (κ1) is 24.5. The van der Waals surface area contributed by atoms with Crippen LogP contribution in [0.25, 0.3) is 0 Å². The Morgan fingerprint density at radius 1 is 1.29 bits per heavy atom. The number of guanidine groups is 1. The molecule has 0 bridgehead atoms. The lowest BCUT2D eigenvalue weighted by atomic mass is 9.97. The number of aryl methyl sites for hydroxylation is 1. The molecule has 2 rings (SSSR count). The smallest absolute Gasteiger partial charge is 0.309 e. The molecule has 1 aliphatic rings. The number of aliphatic imine (C=N–C) groups is 1. The predicted octanol–water partition coefficient (Wildman–Crippen LogP) is 3.62. The Morgan fingerprint density at radius 3 is 2.57 bits per heavy atom. The molecule has 1 aromatic rings. The number of benzene rings is 1. The monoisotopic (exact) mass is 503 g/mol. The van der Waals surface area contributed by atoms with E-state index in [4.69, 9.17) is 14.5 Å². The summed E-state index contributed by atoms with van der Waals surface area (Å²) in [6.45, 7) is 11.4. The zero-order valence-corrected chi connectivity index (χ0v) is 19.8.